The van der Waals surface area contributed by atoms with Crippen LogP contribution in [-0.4, -0.2) is 18.0 Å². The van der Waals surface area contributed by atoms with Crippen LogP contribution in [0.5, 0.6) is 0 Å². The average Bonchev–Trinajstić information content (AvgIpc) is 2.43. The highest BCUT2D eigenvalue weighted by atomic mass is 15.1. The minimum atomic E-state index is 0.746. The fraction of sp³-hybridized carbons (Fsp3) is 0.905. The maximum absolute atomic E-state index is 2.50. The summed E-state index contributed by atoms with van der Waals surface area (Å²) in [5.74, 6) is 1.49. The lowest BCUT2D eigenvalue weighted by molar-refractivity contribution is 0.296. The molecule has 0 N–H and O–H groups in total. The van der Waals surface area contributed by atoms with Gasteiger partial charge >= 0.3 is 0 Å². The Hall–Kier alpha value is -0.460. The second-order valence-corrected chi connectivity index (χ2v) is 7.74. The van der Waals surface area contributed by atoms with Crippen LogP contribution in [0.1, 0.15) is 98.8 Å². The molecule has 0 aromatic heterocycles. The van der Waals surface area contributed by atoms with Gasteiger partial charge in [0.1, 0.15) is 0 Å². The molecule has 0 radical (unpaired) electrons. The first-order chi connectivity index (χ1) is 10.6. The lowest BCUT2D eigenvalue weighted by Gasteiger charge is -2.24. The molecule has 22 heavy (non-hydrogen) atoms. The van der Waals surface area contributed by atoms with E-state index in [2.05, 4.69) is 51.8 Å². The lowest BCUT2D eigenvalue weighted by Crippen LogP contribution is -2.26. The van der Waals surface area contributed by atoms with Crippen molar-refractivity contribution in [3.8, 4) is 0 Å². The number of hydrogen-bond acceptors (Lipinski definition) is 1. The summed E-state index contributed by atoms with van der Waals surface area (Å²) >= 11 is 0. The van der Waals surface area contributed by atoms with E-state index in [4.69, 9.17) is 0 Å². The van der Waals surface area contributed by atoms with Crippen LogP contribution in [0.2, 0.25) is 0 Å². The average molecular weight is 310 g/mol. The van der Waals surface area contributed by atoms with Gasteiger partial charge in [-0.3, -0.25) is 0 Å². The summed E-state index contributed by atoms with van der Waals surface area (Å²) in [6, 6.07) is 0. The number of nitrogens with zero attached hydrogens (tertiary/aromatic N) is 1. The Labute approximate surface area is 141 Å². The van der Waals surface area contributed by atoms with Gasteiger partial charge in [-0.15, -0.1) is 0 Å². The summed E-state index contributed by atoms with van der Waals surface area (Å²) in [6.45, 7) is 13.9. The van der Waals surface area contributed by atoms with Crippen LogP contribution in [-0.2, 0) is 0 Å². The predicted octanol–water partition coefficient (Wildman–Crippen LogP) is 7.04. The van der Waals surface area contributed by atoms with Crippen LogP contribution in [0.15, 0.2) is 12.3 Å². The maximum atomic E-state index is 2.50. The van der Waals surface area contributed by atoms with E-state index >= 15 is 0 Å². The molecular weight excluding hydrogens is 266 g/mol. The van der Waals surface area contributed by atoms with Gasteiger partial charge in [0.15, 0.2) is 0 Å². The number of allylic oxidation sites excluding steroid dienone is 1. The fourth-order valence-corrected chi connectivity index (χ4v) is 2.93. The third-order valence-corrected chi connectivity index (χ3v) is 3.99. The van der Waals surface area contributed by atoms with Gasteiger partial charge in [0.2, 0.25) is 0 Å². The molecule has 1 nitrogen and oxygen atoms in total. The quantitative estimate of drug-likeness (QED) is 0.293. The Balaban J connectivity index is 3.57. The third kappa shape index (κ3) is 15.9. The fourth-order valence-electron chi connectivity index (χ4n) is 2.93. The summed E-state index contributed by atoms with van der Waals surface area (Å²) in [5, 5.41) is 0. The molecule has 0 aliphatic rings. The van der Waals surface area contributed by atoms with E-state index in [9.17, 15) is 0 Å². The molecule has 0 fully saturated rings. The minimum absolute atomic E-state index is 0.746. The molecule has 0 aromatic carbocycles. The van der Waals surface area contributed by atoms with Crippen molar-refractivity contribution in [1.29, 1.82) is 0 Å². The van der Waals surface area contributed by atoms with E-state index in [-0.39, 0.29) is 0 Å². The highest BCUT2D eigenvalue weighted by molar-refractivity contribution is 4.83. The summed E-state index contributed by atoms with van der Waals surface area (Å²) in [5.41, 5.74) is 0. The highest BCUT2D eigenvalue weighted by Crippen LogP contribution is 2.11. The van der Waals surface area contributed by atoms with Crippen LogP contribution >= 0.6 is 0 Å². The standard InChI is InChI=1S/C21H43N/c1-6-7-8-9-10-11-12-13-14-15-16-17-22(18-20(2)3)19-21(4)5/h16-17,20-21H,6-15,18-19H2,1-5H3. The molecule has 0 rings (SSSR count). The Morgan fingerprint density at radius 3 is 1.59 bits per heavy atom. The number of rotatable bonds is 15. The van der Waals surface area contributed by atoms with E-state index in [1.54, 1.807) is 0 Å². The van der Waals surface area contributed by atoms with Gasteiger partial charge in [-0.05, 0) is 30.9 Å². The lowest BCUT2D eigenvalue weighted by atomic mass is 10.1. The molecule has 0 saturated carbocycles. The Morgan fingerprint density at radius 2 is 1.14 bits per heavy atom. The zero-order valence-corrected chi connectivity index (χ0v) is 16.2. The van der Waals surface area contributed by atoms with Crippen molar-refractivity contribution in [3.63, 3.8) is 0 Å². The molecule has 1 heteroatoms. The largest absolute Gasteiger partial charge is 0.377 e. The van der Waals surface area contributed by atoms with Gasteiger partial charge in [-0.1, -0.05) is 92.1 Å². The second-order valence-electron chi connectivity index (χ2n) is 7.74. The zero-order chi connectivity index (χ0) is 16.6. The van der Waals surface area contributed by atoms with E-state index < -0.39 is 0 Å². The molecule has 132 valence electrons. The SMILES string of the molecule is CCCCCCCCCCCC=CN(CC(C)C)CC(C)C. The molecule has 0 bridgehead atoms. The van der Waals surface area contributed by atoms with Crippen molar-refractivity contribution in [2.75, 3.05) is 13.1 Å². The van der Waals surface area contributed by atoms with E-state index in [1.165, 1.54) is 77.3 Å². The Bertz CT molecular complexity index is 232. The van der Waals surface area contributed by atoms with Gasteiger partial charge in [0.05, 0.1) is 0 Å². The molecule has 0 aliphatic heterocycles. The van der Waals surface area contributed by atoms with E-state index in [0.29, 0.717) is 0 Å². The third-order valence-electron chi connectivity index (χ3n) is 3.99. The van der Waals surface area contributed by atoms with Crippen molar-refractivity contribution >= 4 is 0 Å². The van der Waals surface area contributed by atoms with Crippen molar-refractivity contribution in [3.05, 3.63) is 12.3 Å². The van der Waals surface area contributed by atoms with E-state index in [0.717, 1.165) is 11.8 Å². The first-order valence-corrected chi connectivity index (χ1v) is 9.97. The molecule has 0 atom stereocenters. The predicted molar refractivity (Wildman–Crippen MR) is 102 cm³/mol. The van der Waals surface area contributed by atoms with Gasteiger partial charge in [0.25, 0.3) is 0 Å². The number of unbranched alkanes of at least 4 members (excludes halogenated alkanes) is 9. The minimum Gasteiger partial charge on any atom is -0.377 e. The summed E-state index contributed by atoms with van der Waals surface area (Å²) in [6.07, 6.45) is 18.8. The summed E-state index contributed by atoms with van der Waals surface area (Å²) in [7, 11) is 0. The van der Waals surface area contributed by atoms with E-state index in [1.807, 2.05) is 0 Å². The van der Waals surface area contributed by atoms with Crippen LogP contribution in [0.4, 0.5) is 0 Å². The van der Waals surface area contributed by atoms with Crippen LogP contribution in [0.3, 0.4) is 0 Å². The van der Waals surface area contributed by atoms with Crippen molar-refractivity contribution < 1.29 is 0 Å². The highest BCUT2D eigenvalue weighted by Gasteiger charge is 2.04. The molecule has 0 amide bonds. The summed E-state index contributed by atoms with van der Waals surface area (Å²) < 4.78 is 0. The molecule has 0 unspecified atom stereocenters. The van der Waals surface area contributed by atoms with Crippen molar-refractivity contribution in [2.24, 2.45) is 11.8 Å². The van der Waals surface area contributed by atoms with Crippen molar-refractivity contribution in [2.45, 2.75) is 98.8 Å². The molecule has 0 heterocycles. The van der Waals surface area contributed by atoms with Gasteiger partial charge in [-0.25, -0.2) is 0 Å². The summed E-state index contributed by atoms with van der Waals surface area (Å²) in [4.78, 5) is 2.50. The second kappa shape index (κ2) is 15.4. The topological polar surface area (TPSA) is 3.24 Å². The maximum Gasteiger partial charge on any atom is 0.0195 e. The van der Waals surface area contributed by atoms with Crippen LogP contribution in [0, 0.1) is 11.8 Å². The smallest absolute Gasteiger partial charge is 0.0195 e. The van der Waals surface area contributed by atoms with Gasteiger partial charge < -0.3 is 4.90 Å². The Morgan fingerprint density at radius 1 is 0.682 bits per heavy atom. The zero-order valence-electron chi connectivity index (χ0n) is 16.2. The molecule has 0 aromatic rings. The molecular formula is C21H43N. The first kappa shape index (κ1) is 21.5. The van der Waals surface area contributed by atoms with Crippen LogP contribution in [0.25, 0.3) is 0 Å². The molecule has 0 saturated heterocycles. The normalized spacial score (nSPS) is 12.0. The van der Waals surface area contributed by atoms with Gasteiger partial charge in [0, 0.05) is 13.1 Å². The Kier molecular flexibility index (Phi) is 15.1. The monoisotopic (exact) mass is 309 g/mol. The van der Waals surface area contributed by atoms with Crippen LogP contribution < -0.4 is 0 Å². The first-order valence-electron chi connectivity index (χ1n) is 9.97. The van der Waals surface area contributed by atoms with Crippen molar-refractivity contribution in [1.82, 2.24) is 4.90 Å². The molecule has 0 spiro atoms. The van der Waals surface area contributed by atoms with Gasteiger partial charge in [-0.2, -0.15) is 0 Å². The number of hydrogen-bond donors (Lipinski definition) is 0. The molecule has 0 aliphatic carbocycles.